The predicted molar refractivity (Wildman–Crippen MR) is 70.5 cm³/mol. The number of nitrogens with two attached hydrogens (primary N) is 1. The summed E-state index contributed by atoms with van der Waals surface area (Å²) in [7, 11) is 0. The van der Waals surface area contributed by atoms with E-state index in [1.807, 2.05) is 0 Å². The summed E-state index contributed by atoms with van der Waals surface area (Å²) in [6.07, 6.45) is 2.03. The highest BCUT2D eigenvalue weighted by Gasteiger charge is 2.41. The molecule has 1 atom stereocenters. The number of hydrogen-bond acceptors (Lipinski definition) is 2. The lowest BCUT2D eigenvalue weighted by Crippen LogP contribution is -2.37. The van der Waals surface area contributed by atoms with Gasteiger partial charge in [0.2, 0.25) is 0 Å². The zero-order valence-electron chi connectivity index (χ0n) is 10.8. The van der Waals surface area contributed by atoms with Gasteiger partial charge in [-0.1, -0.05) is 51.2 Å². The molecule has 108 valence electrons. The van der Waals surface area contributed by atoms with Crippen molar-refractivity contribution < 1.29 is 17.9 Å². The van der Waals surface area contributed by atoms with Crippen LogP contribution in [0.5, 0.6) is 0 Å². The maximum Gasteiger partial charge on any atom is 0.400 e. The zero-order valence-corrected chi connectivity index (χ0v) is 11.6. The molecule has 0 heterocycles. The van der Waals surface area contributed by atoms with Gasteiger partial charge < -0.3 is 10.5 Å². The number of unbranched alkanes of at least 4 members (excludes halogenated alkanes) is 5. The molecule has 0 fully saturated rings. The Morgan fingerprint density at radius 3 is 2.22 bits per heavy atom. The molecule has 0 saturated carbocycles. The number of ether oxygens (including phenoxy) is 1. The molecule has 0 aromatic rings. The lowest BCUT2D eigenvalue weighted by Gasteiger charge is -2.18. The van der Waals surface area contributed by atoms with Crippen LogP contribution in [0, 0.1) is 5.92 Å². The van der Waals surface area contributed by atoms with Crippen molar-refractivity contribution in [1.29, 1.82) is 0 Å². The minimum Gasteiger partial charge on any atom is -0.393 e. The first kappa shape index (κ1) is 17.6. The fraction of sp³-hybridized carbons (Fsp3) is 0.917. The van der Waals surface area contributed by atoms with Gasteiger partial charge >= 0.3 is 6.18 Å². The van der Waals surface area contributed by atoms with Crippen molar-refractivity contribution in [2.45, 2.75) is 51.6 Å². The van der Waals surface area contributed by atoms with Gasteiger partial charge in [-0.2, -0.15) is 13.2 Å². The molecule has 18 heavy (non-hydrogen) atoms. The Hall–Kier alpha value is -0.360. The monoisotopic (exact) mass is 285 g/mol. The summed E-state index contributed by atoms with van der Waals surface area (Å²) < 4.78 is 42.3. The maximum atomic E-state index is 12.4. The summed E-state index contributed by atoms with van der Waals surface area (Å²) in [5, 5.41) is 0. The Morgan fingerprint density at radius 2 is 1.72 bits per heavy atom. The Balaban J connectivity index is 3.60. The fourth-order valence-electron chi connectivity index (χ4n) is 1.52. The predicted octanol–water partition coefficient (Wildman–Crippen LogP) is 3.83. The maximum absolute atomic E-state index is 12.4. The first-order valence-corrected chi connectivity index (χ1v) is 6.74. The van der Waals surface area contributed by atoms with E-state index in [0.29, 0.717) is 6.61 Å². The zero-order chi connectivity index (χ0) is 14.0. The van der Waals surface area contributed by atoms with Gasteiger partial charge in [-0.3, -0.25) is 0 Å². The van der Waals surface area contributed by atoms with Gasteiger partial charge in [0.15, 0.2) is 0 Å². The van der Waals surface area contributed by atoms with E-state index in [1.54, 1.807) is 0 Å². The van der Waals surface area contributed by atoms with Crippen molar-refractivity contribution in [3.05, 3.63) is 0 Å². The van der Waals surface area contributed by atoms with E-state index in [1.165, 1.54) is 19.3 Å². The van der Waals surface area contributed by atoms with Crippen molar-refractivity contribution in [2.24, 2.45) is 11.7 Å². The second-order valence-electron chi connectivity index (χ2n) is 4.34. The Kier molecular flexibility index (Phi) is 9.36. The summed E-state index contributed by atoms with van der Waals surface area (Å²) in [4.78, 5) is -0.551. The highest BCUT2D eigenvalue weighted by Crippen LogP contribution is 2.26. The molecule has 0 rings (SSSR count). The first-order valence-electron chi connectivity index (χ1n) is 6.33. The number of alkyl halides is 3. The third kappa shape index (κ3) is 8.69. The van der Waals surface area contributed by atoms with Crippen LogP contribution in [-0.4, -0.2) is 24.4 Å². The average Bonchev–Trinajstić information content (AvgIpc) is 2.24. The number of thiocarbonyl (C=S) groups is 1. The Morgan fingerprint density at radius 1 is 1.17 bits per heavy atom. The van der Waals surface area contributed by atoms with E-state index in [0.717, 1.165) is 19.3 Å². The summed E-state index contributed by atoms with van der Waals surface area (Å²) in [6.45, 7) is 2.01. The molecule has 0 spiro atoms. The van der Waals surface area contributed by atoms with Gasteiger partial charge in [-0.25, -0.2) is 0 Å². The molecule has 0 saturated heterocycles. The molecular weight excluding hydrogens is 263 g/mol. The smallest absolute Gasteiger partial charge is 0.393 e. The average molecular weight is 285 g/mol. The molecule has 0 aromatic carbocycles. The molecule has 0 aliphatic rings. The van der Waals surface area contributed by atoms with Gasteiger partial charge in [0.1, 0.15) is 5.92 Å². The van der Waals surface area contributed by atoms with Crippen molar-refractivity contribution in [3.8, 4) is 0 Å². The van der Waals surface area contributed by atoms with Crippen LogP contribution in [0.2, 0.25) is 0 Å². The van der Waals surface area contributed by atoms with Crippen molar-refractivity contribution in [1.82, 2.24) is 0 Å². The van der Waals surface area contributed by atoms with Crippen LogP contribution < -0.4 is 5.73 Å². The van der Waals surface area contributed by atoms with Crippen LogP contribution in [0.15, 0.2) is 0 Å². The van der Waals surface area contributed by atoms with Gasteiger partial charge in [0, 0.05) is 6.61 Å². The summed E-state index contributed by atoms with van der Waals surface area (Å²) >= 11 is 4.39. The lowest BCUT2D eigenvalue weighted by atomic mass is 10.1. The second kappa shape index (κ2) is 9.55. The van der Waals surface area contributed by atoms with Crippen molar-refractivity contribution >= 4 is 17.2 Å². The van der Waals surface area contributed by atoms with Gasteiger partial charge in [0.25, 0.3) is 0 Å². The summed E-state index contributed by atoms with van der Waals surface area (Å²) in [6, 6.07) is 0. The number of hydrogen-bond donors (Lipinski definition) is 1. The quantitative estimate of drug-likeness (QED) is 0.489. The summed E-state index contributed by atoms with van der Waals surface area (Å²) in [5.41, 5.74) is 5.05. The van der Waals surface area contributed by atoms with Crippen LogP contribution in [-0.2, 0) is 4.74 Å². The molecular formula is C12H22F3NOS. The van der Waals surface area contributed by atoms with E-state index in [9.17, 15) is 13.2 Å². The lowest BCUT2D eigenvalue weighted by molar-refractivity contribution is -0.167. The highest BCUT2D eigenvalue weighted by atomic mass is 32.1. The minimum atomic E-state index is -4.41. The topological polar surface area (TPSA) is 35.2 Å². The molecule has 0 aliphatic carbocycles. The van der Waals surface area contributed by atoms with Crippen molar-refractivity contribution in [3.63, 3.8) is 0 Å². The van der Waals surface area contributed by atoms with Crippen LogP contribution in [0.3, 0.4) is 0 Å². The van der Waals surface area contributed by atoms with E-state index in [4.69, 9.17) is 10.5 Å². The number of rotatable bonds is 10. The molecule has 2 N–H and O–H groups in total. The standard InChI is InChI=1S/C12H22F3NOS/c1-2-3-4-5-6-7-8-17-9-10(11(16)18)12(13,14)15/h10H,2-9H2,1H3,(H2,16,18). The normalized spacial score (nSPS) is 13.6. The van der Waals surface area contributed by atoms with E-state index >= 15 is 0 Å². The van der Waals surface area contributed by atoms with Gasteiger partial charge in [-0.15, -0.1) is 0 Å². The van der Waals surface area contributed by atoms with Crippen LogP contribution in [0.25, 0.3) is 0 Å². The van der Waals surface area contributed by atoms with Crippen molar-refractivity contribution in [2.75, 3.05) is 13.2 Å². The SMILES string of the molecule is CCCCCCCCOCC(C(N)=S)C(F)(F)F. The molecule has 0 aromatic heterocycles. The van der Waals surface area contributed by atoms with Crippen LogP contribution >= 0.6 is 12.2 Å². The molecule has 0 bridgehead atoms. The molecule has 0 radical (unpaired) electrons. The van der Waals surface area contributed by atoms with Gasteiger partial charge in [-0.05, 0) is 6.42 Å². The minimum absolute atomic E-state index is 0.335. The number of halogens is 3. The van der Waals surface area contributed by atoms with Gasteiger partial charge in [0.05, 0.1) is 11.6 Å². The highest BCUT2D eigenvalue weighted by molar-refractivity contribution is 7.80. The van der Waals surface area contributed by atoms with Crippen LogP contribution in [0.4, 0.5) is 13.2 Å². The summed E-state index contributed by atoms with van der Waals surface area (Å²) in [5.74, 6) is -1.83. The molecule has 2 nitrogen and oxygen atoms in total. The van der Waals surface area contributed by atoms with Crippen LogP contribution in [0.1, 0.15) is 45.4 Å². The molecule has 0 amide bonds. The fourth-order valence-corrected chi connectivity index (χ4v) is 1.73. The largest absolute Gasteiger partial charge is 0.400 e. The Bertz CT molecular complexity index is 234. The van der Waals surface area contributed by atoms with E-state index in [2.05, 4.69) is 19.1 Å². The third-order valence-corrected chi connectivity index (χ3v) is 2.95. The molecule has 1 unspecified atom stereocenters. The Labute approximate surface area is 112 Å². The molecule has 0 aliphatic heterocycles. The van der Waals surface area contributed by atoms with E-state index in [-0.39, 0.29) is 0 Å². The first-order chi connectivity index (χ1) is 8.39. The van der Waals surface area contributed by atoms with E-state index < -0.39 is 23.7 Å². The second-order valence-corrected chi connectivity index (χ2v) is 4.81. The third-order valence-electron chi connectivity index (χ3n) is 2.67. The molecule has 6 heteroatoms.